The summed E-state index contributed by atoms with van der Waals surface area (Å²) in [5.74, 6) is 1.27. The molecule has 2 atom stereocenters. The Balaban J connectivity index is 1.37. The first kappa shape index (κ1) is 22.0. The van der Waals surface area contributed by atoms with Gasteiger partial charge in [-0.1, -0.05) is 26.0 Å². The van der Waals surface area contributed by atoms with Crippen LogP contribution in [-0.4, -0.2) is 50.4 Å². The summed E-state index contributed by atoms with van der Waals surface area (Å²) in [6.07, 6.45) is 1.78. The third kappa shape index (κ3) is 4.26. The fraction of sp³-hybridized carbons (Fsp3) is 0.500. The summed E-state index contributed by atoms with van der Waals surface area (Å²) in [4.78, 5) is 15.3. The molecule has 4 aliphatic heterocycles. The van der Waals surface area contributed by atoms with Crippen LogP contribution in [0.1, 0.15) is 38.3 Å². The van der Waals surface area contributed by atoms with Crippen LogP contribution in [-0.2, 0) is 4.74 Å². The van der Waals surface area contributed by atoms with E-state index in [0.717, 1.165) is 49.2 Å². The average Bonchev–Trinajstić information content (AvgIpc) is 2.81. The second kappa shape index (κ2) is 8.52. The van der Waals surface area contributed by atoms with Crippen LogP contribution in [0.4, 0.5) is 9.18 Å². The second-order valence-corrected chi connectivity index (χ2v) is 10.0. The van der Waals surface area contributed by atoms with Gasteiger partial charge in [-0.25, -0.2) is 9.18 Å². The molecule has 2 aromatic rings. The van der Waals surface area contributed by atoms with Gasteiger partial charge >= 0.3 is 6.09 Å². The number of hydrogen-bond acceptors (Lipinski definition) is 5. The third-order valence-electron chi connectivity index (χ3n) is 7.30. The minimum Gasteiger partial charge on any atom is -0.496 e. The second-order valence-electron chi connectivity index (χ2n) is 10.0. The Bertz CT molecular complexity index is 1050. The Hall–Kier alpha value is -2.80. The molecule has 0 aliphatic carbocycles. The highest BCUT2D eigenvalue weighted by atomic mass is 19.1. The molecule has 0 spiro atoms. The maximum absolute atomic E-state index is 13.6. The van der Waals surface area contributed by atoms with Crippen molar-refractivity contribution in [2.24, 2.45) is 11.3 Å². The molecular weight excluding hydrogens is 423 g/mol. The van der Waals surface area contributed by atoms with Crippen LogP contribution in [0.2, 0.25) is 0 Å². The molecule has 2 bridgehead atoms. The maximum atomic E-state index is 13.6. The Morgan fingerprint density at radius 2 is 1.97 bits per heavy atom. The minimum atomic E-state index is -0.371. The number of alkyl carbamates (subject to hydrolysis) is 1. The predicted octanol–water partition coefficient (Wildman–Crippen LogP) is 4.78. The van der Waals surface area contributed by atoms with E-state index < -0.39 is 0 Å². The summed E-state index contributed by atoms with van der Waals surface area (Å²) in [7, 11) is 1.52. The van der Waals surface area contributed by atoms with Crippen LogP contribution in [0.3, 0.4) is 0 Å². The molecule has 1 amide bonds. The van der Waals surface area contributed by atoms with E-state index >= 15 is 0 Å². The molecule has 3 fully saturated rings. The van der Waals surface area contributed by atoms with Crippen molar-refractivity contribution >= 4 is 6.09 Å². The zero-order valence-corrected chi connectivity index (χ0v) is 19.4. The first-order valence-corrected chi connectivity index (χ1v) is 11.6. The number of benzene rings is 2. The first-order valence-electron chi connectivity index (χ1n) is 11.6. The molecule has 6 nitrogen and oxygen atoms in total. The summed E-state index contributed by atoms with van der Waals surface area (Å²) in [6, 6.07) is 10.1. The number of amides is 1. The van der Waals surface area contributed by atoms with Crippen molar-refractivity contribution < 1.29 is 23.4 Å². The number of ether oxygens (including phenoxy) is 3. The Morgan fingerprint density at radius 1 is 1.18 bits per heavy atom. The van der Waals surface area contributed by atoms with Gasteiger partial charge in [0.15, 0.2) is 0 Å². The zero-order chi connectivity index (χ0) is 23.2. The van der Waals surface area contributed by atoms with E-state index in [-0.39, 0.29) is 29.5 Å². The van der Waals surface area contributed by atoms with Gasteiger partial charge in [0.25, 0.3) is 0 Å². The molecule has 4 heterocycles. The van der Waals surface area contributed by atoms with Crippen molar-refractivity contribution in [3.05, 3.63) is 47.8 Å². The van der Waals surface area contributed by atoms with Gasteiger partial charge in [-0.2, -0.15) is 0 Å². The van der Waals surface area contributed by atoms with Crippen molar-refractivity contribution in [3.63, 3.8) is 0 Å². The highest BCUT2D eigenvalue weighted by molar-refractivity contribution is 5.73. The van der Waals surface area contributed by atoms with E-state index in [9.17, 15) is 9.18 Å². The number of rotatable bonds is 4. The van der Waals surface area contributed by atoms with Crippen LogP contribution in [0.25, 0.3) is 11.1 Å². The topological polar surface area (TPSA) is 60.0 Å². The molecule has 3 saturated heterocycles. The van der Waals surface area contributed by atoms with Crippen molar-refractivity contribution in [1.29, 1.82) is 0 Å². The molecule has 6 rings (SSSR count). The van der Waals surface area contributed by atoms with E-state index in [2.05, 4.69) is 24.1 Å². The lowest BCUT2D eigenvalue weighted by molar-refractivity contribution is -0.0361. The number of hydrogen-bond donors (Lipinski definition) is 1. The fourth-order valence-electron chi connectivity index (χ4n) is 5.34. The number of carbonyl (C=O) groups excluding carboxylic acids is 1. The lowest BCUT2D eigenvalue weighted by Crippen LogP contribution is -2.53. The first-order chi connectivity index (χ1) is 15.8. The van der Waals surface area contributed by atoms with Gasteiger partial charge in [0.1, 0.15) is 23.4 Å². The van der Waals surface area contributed by atoms with E-state index in [1.54, 1.807) is 6.07 Å². The SMILES string of the molecule is COc1cc(F)ccc1-c1ccc2c(c1)OCC(C)(C)C2NC(=O)O[C@@H]1CN2CCC1CC2. The molecule has 4 aliphatic rings. The van der Waals surface area contributed by atoms with Gasteiger partial charge in [0.2, 0.25) is 0 Å². The highest BCUT2D eigenvalue weighted by Gasteiger charge is 2.41. The standard InChI is InChI=1S/C26H31FN2O4/c1-26(2)15-32-22-12-17(19-7-5-18(27)13-21(19)31-3)4-6-20(22)24(26)28-25(30)33-23-14-29-10-8-16(23)9-11-29/h4-7,12-13,16,23-24H,8-11,14-15H2,1-3H3,(H,28,30)/t23-,24?/m1/s1. The summed E-state index contributed by atoms with van der Waals surface area (Å²) < 4.78 is 31.0. The monoisotopic (exact) mass is 454 g/mol. The molecule has 7 heteroatoms. The van der Waals surface area contributed by atoms with Gasteiger partial charge in [-0.15, -0.1) is 0 Å². The number of nitrogens with one attached hydrogen (secondary N) is 1. The van der Waals surface area contributed by atoms with Crippen LogP contribution in [0, 0.1) is 17.2 Å². The Labute approximate surface area is 194 Å². The number of carbonyl (C=O) groups is 1. The van der Waals surface area contributed by atoms with Crippen LogP contribution in [0.15, 0.2) is 36.4 Å². The van der Waals surface area contributed by atoms with Crippen molar-refractivity contribution in [3.8, 4) is 22.6 Å². The highest BCUT2D eigenvalue weighted by Crippen LogP contribution is 2.45. The minimum absolute atomic E-state index is 0.0387. The smallest absolute Gasteiger partial charge is 0.407 e. The number of halogens is 1. The van der Waals surface area contributed by atoms with Crippen LogP contribution in [0.5, 0.6) is 11.5 Å². The number of nitrogens with zero attached hydrogens (tertiary/aromatic N) is 1. The average molecular weight is 455 g/mol. The molecule has 1 unspecified atom stereocenters. The van der Waals surface area contributed by atoms with E-state index in [1.807, 2.05) is 18.2 Å². The van der Waals surface area contributed by atoms with Crippen molar-refractivity contribution in [2.45, 2.75) is 38.8 Å². The van der Waals surface area contributed by atoms with Gasteiger partial charge in [0, 0.05) is 29.2 Å². The summed E-state index contributed by atoms with van der Waals surface area (Å²) in [5, 5.41) is 3.13. The van der Waals surface area contributed by atoms with Gasteiger partial charge < -0.3 is 19.5 Å². The summed E-state index contributed by atoms with van der Waals surface area (Å²) in [5.41, 5.74) is 2.23. The molecule has 2 aromatic carbocycles. The normalized spacial score (nSPS) is 27.3. The number of fused-ring (bicyclic) bond motifs is 4. The van der Waals surface area contributed by atoms with Crippen molar-refractivity contribution in [2.75, 3.05) is 33.4 Å². The zero-order valence-electron chi connectivity index (χ0n) is 19.4. The molecule has 0 aromatic heterocycles. The molecule has 0 radical (unpaired) electrons. The quantitative estimate of drug-likeness (QED) is 0.721. The molecule has 1 N–H and O–H groups in total. The van der Waals surface area contributed by atoms with E-state index in [0.29, 0.717) is 24.0 Å². The summed E-state index contributed by atoms with van der Waals surface area (Å²) in [6.45, 7) is 7.64. The lowest BCUT2D eigenvalue weighted by atomic mass is 9.78. The third-order valence-corrected chi connectivity index (χ3v) is 7.30. The molecular formula is C26H31FN2O4. The Kier molecular flexibility index (Phi) is 5.69. The summed E-state index contributed by atoms with van der Waals surface area (Å²) >= 11 is 0. The van der Waals surface area contributed by atoms with Crippen LogP contribution >= 0.6 is 0 Å². The predicted molar refractivity (Wildman–Crippen MR) is 123 cm³/mol. The number of piperidine rings is 3. The Morgan fingerprint density at radius 3 is 2.67 bits per heavy atom. The van der Waals surface area contributed by atoms with Gasteiger partial charge in [-0.3, -0.25) is 4.90 Å². The fourth-order valence-corrected chi connectivity index (χ4v) is 5.34. The largest absolute Gasteiger partial charge is 0.496 e. The molecule has 33 heavy (non-hydrogen) atoms. The van der Waals surface area contributed by atoms with Crippen LogP contribution < -0.4 is 14.8 Å². The van der Waals surface area contributed by atoms with Crippen molar-refractivity contribution in [1.82, 2.24) is 10.2 Å². The van der Waals surface area contributed by atoms with E-state index in [4.69, 9.17) is 14.2 Å². The maximum Gasteiger partial charge on any atom is 0.407 e. The lowest BCUT2D eigenvalue weighted by Gasteiger charge is -2.44. The van der Waals surface area contributed by atoms with E-state index in [1.165, 1.54) is 19.2 Å². The number of methoxy groups -OCH3 is 1. The van der Waals surface area contributed by atoms with Gasteiger partial charge in [-0.05, 0) is 55.6 Å². The molecule has 176 valence electrons. The molecule has 0 saturated carbocycles. The van der Waals surface area contributed by atoms with Gasteiger partial charge in [0.05, 0.1) is 19.8 Å².